The number of likely N-dealkylation sites (tertiary alicyclic amines) is 1. The Balaban J connectivity index is 1.51. The van der Waals surface area contributed by atoms with Gasteiger partial charge in [-0.15, -0.1) is 0 Å². The van der Waals surface area contributed by atoms with Gasteiger partial charge in [0.15, 0.2) is 0 Å². The first-order chi connectivity index (χ1) is 15.1. The summed E-state index contributed by atoms with van der Waals surface area (Å²) in [5, 5.41) is 0. The molecule has 0 aromatic heterocycles. The molecule has 4 rings (SSSR count). The fraction of sp³-hybridized carbons (Fsp3) is 0.458. The molecular formula is C24H28F2N2O3S. The summed E-state index contributed by atoms with van der Waals surface area (Å²) in [6.07, 6.45) is 3.79. The lowest BCUT2D eigenvalue weighted by molar-refractivity contribution is -0.132. The van der Waals surface area contributed by atoms with Gasteiger partial charge in [0.1, 0.15) is 11.6 Å². The number of hydrogen-bond donors (Lipinski definition) is 1. The van der Waals surface area contributed by atoms with Crippen LogP contribution in [0.1, 0.15) is 42.7 Å². The zero-order valence-corrected chi connectivity index (χ0v) is 19.1. The molecule has 8 heteroatoms. The predicted molar refractivity (Wildman–Crippen MR) is 120 cm³/mol. The van der Waals surface area contributed by atoms with Gasteiger partial charge in [0.2, 0.25) is 15.9 Å². The van der Waals surface area contributed by atoms with Crippen molar-refractivity contribution in [1.29, 1.82) is 0 Å². The van der Waals surface area contributed by atoms with E-state index in [1.807, 2.05) is 24.0 Å². The number of halogens is 2. The van der Waals surface area contributed by atoms with E-state index in [2.05, 4.69) is 4.72 Å². The molecule has 3 atom stereocenters. The van der Waals surface area contributed by atoms with Crippen LogP contribution in [0.3, 0.4) is 0 Å². The van der Waals surface area contributed by atoms with Crippen molar-refractivity contribution in [3.63, 3.8) is 0 Å². The summed E-state index contributed by atoms with van der Waals surface area (Å²) >= 11 is 0. The molecule has 2 aromatic rings. The van der Waals surface area contributed by atoms with Crippen LogP contribution in [0.5, 0.6) is 0 Å². The van der Waals surface area contributed by atoms with Crippen molar-refractivity contribution in [2.45, 2.75) is 44.6 Å². The van der Waals surface area contributed by atoms with Crippen molar-refractivity contribution in [2.24, 2.45) is 5.92 Å². The Bertz CT molecular complexity index is 1120. The van der Waals surface area contributed by atoms with E-state index < -0.39 is 21.7 Å². The Hall–Kier alpha value is -2.32. The maximum absolute atomic E-state index is 14.5. The van der Waals surface area contributed by atoms with Gasteiger partial charge in [0, 0.05) is 25.0 Å². The van der Waals surface area contributed by atoms with Gasteiger partial charge < -0.3 is 4.90 Å². The number of sulfonamides is 1. The van der Waals surface area contributed by atoms with Crippen LogP contribution in [0.4, 0.5) is 8.78 Å². The average Bonchev–Trinajstić information content (AvgIpc) is 3.51. The van der Waals surface area contributed by atoms with Crippen LogP contribution in [0.15, 0.2) is 36.4 Å². The van der Waals surface area contributed by atoms with Gasteiger partial charge in [-0.25, -0.2) is 21.9 Å². The Kier molecular flexibility index (Phi) is 6.36. The molecule has 2 aliphatic rings. The molecule has 172 valence electrons. The van der Waals surface area contributed by atoms with Crippen molar-refractivity contribution >= 4 is 15.9 Å². The molecule has 0 spiro atoms. The molecule has 0 unspecified atom stereocenters. The quantitative estimate of drug-likeness (QED) is 0.731. The topological polar surface area (TPSA) is 66.5 Å². The molecule has 1 aliphatic heterocycles. The third-order valence-electron chi connectivity index (χ3n) is 6.37. The third-order valence-corrected chi connectivity index (χ3v) is 7.13. The highest BCUT2D eigenvalue weighted by atomic mass is 32.2. The van der Waals surface area contributed by atoms with Crippen molar-refractivity contribution in [3.05, 3.63) is 59.2 Å². The van der Waals surface area contributed by atoms with E-state index in [1.54, 1.807) is 6.07 Å². The summed E-state index contributed by atoms with van der Waals surface area (Å²) < 4.78 is 54.7. The van der Waals surface area contributed by atoms with Crippen LogP contribution in [-0.4, -0.2) is 44.6 Å². The van der Waals surface area contributed by atoms with Crippen LogP contribution in [-0.2, 0) is 14.8 Å². The number of rotatable bonds is 5. The van der Waals surface area contributed by atoms with Crippen LogP contribution in [0, 0.1) is 24.5 Å². The molecule has 1 heterocycles. The SMILES string of the molecule is Cc1ccc([C@@H]2C[C@H]2C(=O)N2CCC[C@H](NS(C)(=O)=O)CC2)c(-c2c(F)cccc2F)c1. The molecular weight excluding hydrogens is 434 g/mol. The third kappa shape index (κ3) is 5.02. The summed E-state index contributed by atoms with van der Waals surface area (Å²) in [7, 11) is -3.28. The van der Waals surface area contributed by atoms with E-state index in [0.29, 0.717) is 37.9 Å². The summed E-state index contributed by atoms with van der Waals surface area (Å²) in [5.41, 5.74) is 2.15. The first-order valence-electron chi connectivity index (χ1n) is 10.9. The second-order valence-electron chi connectivity index (χ2n) is 8.98. The van der Waals surface area contributed by atoms with E-state index in [-0.39, 0.29) is 29.3 Å². The van der Waals surface area contributed by atoms with Gasteiger partial charge >= 0.3 is 0 Å². The second-order valence-corrected chi connectivity index (χ2v) is 10.8. The highest BCUT2D eigenvalue weighted by Crippen LogP contribution is 2.52. The fourth-order valence-electron chi connectivity index (χ4n) is 4.75. The zero-order valence-electron chi connectivity index (χ0n) is 18.3. The van der Waals surface area contributed by atoms with Crippen molar-refractivity contribution in [3.8, 4) is 11.1 Å². The summed E-state index contributed by atoms with van der Waals surface area (Å²) in [5.74, 6) is -1.49. The maximum atomic E-state index is 14.5. The molecule has 1 saturated heterocycles. The number of carbonyl (C=O) groups excluding carboxylic acids is 1. The van der Waals surface area contributed by atoms with Gasteiger partial charge in [0.05, 0.1) is 11.8 Å². The molecule has 0 bridgehead atoms. The van der Waals surface area contributed by atoms with E-state index >= 15 is 0 Å². The first kappa shape index (κ1) is 22.9. The highest BCUT2D eigenvalue weighted by Gasteiger charge is 2.47. The number of nitrogens with zero attached hydrogens (tertiary/aromatic N) is 1. The van der Waals surface area contributed by atoms with Crippen molar-refractivity contribution < 1.29 is 22.0 Å². The predicted octanol–water partition coefficient (Wildman–Crippen LogP) is 3.97. The smallest absolute Gasteiger partial charge is 0.226 e. The van der Waals surface area contributed by atoms with Gasteiger partial charge in [-0.05, 0) is 61.8 Å². The maximum Gasteiger partial charge on any atom is 0.226 e. The highest BCUT2D eigenvalue weighted by molar-refractivity contribution is 7.88. The number of amides is 1. The van der Waals surface area contributed by atoms with Crippen molar-refractivity contribution in [2.75, 3.05) is 19.3 Å². The molecule has 1 N–H and O–H groups in total. The second kappa shape index (κ2) is 8.90. The van der Waals surface area contributed by atoms with Crippen LogP contribution < -0.4 is 4.72 Å². The summed E-state index contributed by atoms with van der Waals surface area (Å²) in [6.45, 7) is 2.96. The Labute approximate surface area is 187 Å². The largest absolute Gasteiger partial charge is 0.342 e. The van der Waals surface area contributed by atoms with E-state index in [0.717, 1.165) is 23.8 Å². The lowest BCUT2D eigenvalue weighted by atomic mass is 9.93. The molecule has 1 saturated carbocycles. The van der Waals surface area contributed by atoms with E-state index in [9.17, 15) is 22.0 Å². The fourth-order valence-corrected chi connectivity index (χ4v) is 5.59. The van der Waals surface area contributed by atoms with Gasteiger partial charge in [0.25, 0.3) is 0 Å². The molecule has 1 aliphatic carbocycles. The minimum atomic E-state index is -3.28. The van der Waals surface area contributed by atoms with E-state index in [1.165, 1.54) is 18.2 Å². The average molecular weight is 463 g/mol. The molecule has 32 heavy (non-hydrogen) atoms. The Morgan fingerprint density at radius 3 is 2.50 bits per heavy atom. The summed E-state index contributed by atoms with van der Waals surface area (Å²) in [4.78, 5) is 15.0. The van der Waals surface area contributed by atoms with Crippen LogP contribution in [0.25, 0.3) is 11.1 Å². The normalized spacial score (nSPS) is 23.6. The number of carbonyl (C=O) groups is 1. The van der Waals surface area contributed by atoms with Crippen molar-refractivity contribution in [1.82, 2.24) is 9.62 Å². The molecule has 1 amide bonds. The lowest BCUT2D eigenvalue weighted by Crippen LogP contribution is -2.36. The van der Waals surface area contributed by atoms with Gasteiger partial charge in [-0.2, -0.15) is 0 Å². The number of benzene rings is 2. The van der Waals surface area contributed by atoms with Gasteiger partial charge in [-0.1, -0.05) is 29.8 Å². The Morgan fingerprint density at radius 2 is 1.81 bits per heavy atom. The first-order valence-corrected chi connectivity index (χ1v) is 12.8. The van der Waals surface area contributed by atoms with Gasteiger partial charge in [-0.3, -0.25) is 4.79 Å². The molecule has 2 aromatic carbocycles. The monoisotopic (exact) mass is 462 g/mol. The summed E-state index contributed by atoms with van der Waals surface area (Å²) in [6, 6.07) is 9.25. The Morgan fingerprint density at radius 1 is 1.09 bits per heavy atom. The van der Waals surface area contributed by atoms with E-state index in [4.69, 9.17) is 0 Å². The molecule has 2 fully saturated rings. The lowest BCUT2D eigenvalue weighted by Gasteiger charge is -2.21. The van der Waals surface area contributed by atoms with Crippen LogP contribution in [0.2, 0.25) is 0 Å². The number of aryl methyl sites for hydroxylation is 1. The minimum absolute atomic E-state index is 0.0375. The number of nitrogens with one attached hydrogen (secondary N) is 1. The standard InChI is InChI=1S/C24H28F2N2O3S/c1-15-8-9-17(19(13-15)23-21(25)6-3-7-22(23)26)18-14-20(18)24(29)28-11-4-5-16(10-12-28)27-32(2,30)31/h3,6-9,13,16,18,20,27H,4-5,10-12,14H2,1-2H3/t16-,18-,20+/m0/s1. The zero-order chi connectivity index (χ0) is 23.0. The minimum Gasteiger partial charge on any atom is -0.342 e. The van der Waals surface area contributed by atoms with Crippen LogP contribution >= 0.6 is 0 Å². The number of hydrogen-bond acceptors (Lipinski definition) is 3. The molecule has 5 nitrogen and oxygen atoms in total. The molecule has 0 radical (unpaired) electrons.